The fraction of sp³-hybridized carbons (Fsp3) is 0.300. The Balaban J connectivity index is 3.33. The number of nitrogens with two attached hydrogens (primary N) is 1. The van der Waals surface area contributed by atoms with E-state index in [9.17, 15) is 9.18 Å². The molecule has 0 aliphatic heterocycles. The smallest absolute Gasteiger partial charge is 0.339 e. The molecule has 0 heterocycles. The summed E-state index contributed by atoms with van der Waals surface area (Å²) in [4.78, 5) is 10.8. The molecule has 0 aliphatic carbocycles. The third-order valence-electron chi connectivity index (χ3n) is 2.13. The largest absolute Gasteiger partial charge is 0.493 e. The number of hydrogen-bond donors (Lipinski definition) is 3. The van der Waals surface area contributed by atoms with E-state index in [0.29, 0.717) is 0 Å². The van der Waals surface area contributed by atoms with Gasteiger partial charge in [0.15, 0.2) is 11.6 Å². The van der Waals surface area contributed by atoms with Crippen molar-refractivity contribution in [1.82, 2.24) is 0 Å². The first-order valence-electron chi connectivity index (χ1n) is 4.48. The van der Waals surface area contributed by atoms with Gasteiger partial charge in [-0.25, -0.2) is 9.18 Å². The lowest BCUT2D eigenvalue weighted by atomic mass is 10.0. The Morgan fingerprint density at radius 3 is 2.69 bits per heavy atom. The molecular formula is C10H12FNO4. The first-order valence-corrected chi connectivity index (χ1v) is 4.48. The van der Waals surface area contributed by atoms with Crippen LogP contribution in [0.15, 0.2) is 12.1 Å². The number of carbonyl (C=O) groups is 1. The molecule has 88 valence electrons. The van der Waals surface area contributed by atoms with Gasteiger partial charge in [-0.1, -0.05) is 0 Å². The lowest BCUT2D eigenvalue weighted by Gasteiger charge is -2.12. The van der Waals surface area contributed by atoms with Crippen molar-refractivity contribution in [1.29, 1.82) is 0 Å². The molecule has 1 atom stereocenters. The van der Waals surface area contributed by atoms with Gasteiger partial charge in [0, 0.05) is 0 Å². The van der Waals surface area contributed by atoms with E-state index in [0.717, 1.165) is 6.07 Å². The SMILES string of the molecule is COc1c(F)cc(C(N)CO)cc1C(=O)O. The second kappa shape index (κ2) is 4.91. The van der Waals surface area contributed by atoms with E-state index in [-0.39, 0.29) is 16.9 Å². The summed E-state index contributed by atoms with van der Waals surface area (Å²) >= 11 is 0. The van der Waals surface area contributed by atoms with Gasteiger partial charge in [-0.15, -0.1) is 0 Å². The molecule has 0 saturated carbocycles. The van der Waals surface area contributed by atoms with Gasteiger partial charge >= 0.3 is 5.97 Å². The number of methoxy groups -OCH3 is 1. The topological polar surface area (TPSA) is 92.8 Å². The minimum absolute atomic E-state index is 0.207. The third kappa shape index (κ3) is 2.29. The Hall–Kier alpha value is -1.66. The van der Waals surface area contributed by atoms with Gasteiger partial charge in [0.1, 0.15) is 5.56 Å². The van der Waals surface area contributed by atoms with E-state index < -0.39 is 24.4 Å². The number of aliphatic hydroxyl groups excluding tert-OH is 1. The van der Waals surface area contributed by atoms with Crippen molar-refractivity contribution < 1.29 is 24.1 Å². The molecule has 1 rings (SSSR count). The van der Waals surface area contributed by atoms with E-state index in [2.05, 4.69) is 4.74 Å². The van der Waals surface area contributed by atoms with Crippen LogP contribution in [0.4, 0.5) is 4.39 Å². The number of benzene rings is 1. The Morgan fingerprint density at radius 1 is 1.62 bits per heavy atom. The molecule has 16 heavy (non-hydrogen) atoms. The summed E-state index contributed by atoms with van der Waals surface area (Å²) in [6.45, 7) is -0.398. The zero-order valence-corrected chi connectivity index (χ0v) is 8.61. The Kier molecular flexibility index (Phi) is 3.81. The number of hydrogen-bond acceptors (Lipinski definition) is 4. The molecule has 1 unspecified atom stereocenters. The van der Waals surface area contributed by atoms with Crippen LogP contribution in [0.2, 0.25) is 0 Å². The standard InChI is InChI=1S/C10H12FNO4/c1-16-9-6(10(14)15)2-5(3-7(9)11)8(12)4-13/h2-3,8,13H,4,12H2,1H3,(H,14,15). The molecule has 0 saturated heterocycles. The molecule has 6 heteroatoms. The first kappa shape index (κ1) is 12.4. The third-order valence-corrected chi connectivity index (χ3v) is 2.13. The molecule has 5 nitrogen and oxygen atoms in total. The van der Waals surface area contributed by atoms with E-state index >= 15 is 0 Å². The summed E-state index contributed by atoms with van der Waals surface area (Å²) in [5.41, 5.74) is 5.36. The molecule has 0 radical (unpaired) electrons. The summed E-state index contributed by atoms with van der Waals surface area (Å²) in [7, 11) is 1.18. The normalized spacial score (nSPS) is 12.2. The average molecular weight is 229 g/mol. The number of carboxylic acid groups (broad SMARTS) is 1. The van der Waals surface area contributed by atoms with Gasteiger partial charge < -0.3 is 20.7 Å². The van der Waals surface area contributed by atoms with Crippen molar-refractivity contribution in [3.8, 4) is 5.75 Å². The molecule has 0 bridgehead atoms. The quantitative estimate of drug-likeness (QED) is 0.700. The van der Waals surface area contributed by atoms with Crippen molar-refractivity contribution in [2.75, 3.05) is 13.7 Å². The zero-order chi connectivity index (χ0) is 12.3. The maximum absolute atomic E-state index is 13.4. The first-order chi connectivity index (χ1) is 7.51. The predicted octanol–water partition coefficient (Wildman–Crippen LogP) is 0.525. The molecule has 0 aromatic heterocycles. The average Bonchev–Trinajstić information content (AvgIpc) is 2.26. The van der Waals surface area contributed by atoms with Crippen LogP contribution in [0.5, 0.6) is 5.75 Å². The highest BCUT2D eigenvalue weighted by atomic mass is 19.1. The van der Waals surface area contributed by atoms with Crippen molar-refractivity contribution in [3.05, 3.63) is 29.1 Å². The lowest BCUT2D eigenvalue weighted by molar-refractivity contribution is 0.0692. The van der Waals surface area contributed by atoms with Gasteiger partial charge in [-0.2, -0.15) is 0 Å². The molecule has 0 aliphatic rings. The second-order valence-electron chi connectivity index (χ2n) is 3.18. The monoisotopic (exact) mass is 229 g/mol. The summed E-state index contributed by atoms with van der Waals surface area (Å²) in [5, 5.41) is 17.7. The minimum Gasteiger partial charge on any atom is -0.493 e. The second-order valence-corrected chi connectivity index (χ2v) is 3.18. The van der Waals surface area contributed by atoms with Crippen molar-refractivity contribution >= 4 is 5.97 Å². The lowest BCUT2D eigenvalue weighted by Crippen LogP contribution is -2.16. The van der Waals surface area contributed by atoms with Crippen LogP contribution in [0.3, 0.4) is 0 Å². The highest BCUT2D eigenvalue weighted by Crippen LogP contribution is 2.26. The Morgan fingerprint density at radius 2 is 2.25 bits per heavy atom. The van der Waals surface area contributed by atoms with Crippen LogP contribution >= 0.6 is 0 Å². The molecule has 4 N–H and O–H groups in total. The maximum Gasteiger partial charge on any atom is 0.339 e. The molecular weight excluding hydrogens is 217 g/mol. The Labute approximate surface area is 91.3 Å². The maximum atomic E-state index is 13.4. The van der Waals surface area contributed by atoms with Crippen molar-refractivity contribution in [2.45, 2.75) is 6.04 Å². The summed E-state index contributed by atoms with van der Waals surface area (Å²) in [5.74, 6) is -2.48. The number of carboxylic acids is 1. The zero-order valence-electron chi connectivity index (χ0n) is 8.61. The fourth-order valence-electron chi connectivity index (χ4n) is 1.30. The van der Waals surface area contributed by atoms with Gasteiger partial charge in [0.2, 0.25) is 0 Å². The van der Waals surface area contributed by atoms with E-state index in [1.807, 2.05) is 0 Å². The number of rotatable bonds is 4. The number of aromatic carboxylic acids is 1. The van der Waals surface area contributed by atoms with Crippen LogP contribution < -0.4 is 10.5 Å². The van der Waals surface area contributed by atoms with E-state index in [1.54, 1.807) is 0 Å². The summed E-state index contributed by atoms with van der Waals surface area (Å²) in [6, 6.07) is 1.41. The molecule has 1 aromatic carbocycles. The van der Waals surface area contributed by atoms with E-state index in [1.165, 1.54) is 13.2 Å². The van der Waals surface area contributed by atoms with Gasteiger partial charge in [-0.3, -0.25) is 0 Å². The highest BCUT2D eigenvalue weighted by Gasteiger charge is 2.19. The number of ether oxygens (including phenoxy) is 1. The molecule has 0 fully saturated rings. The van der Waals surface area contributed by atoms with Crippen LogP contribution in [0.1, 0.15) is 22.0 Å². The van der Waals surface area contributed by atoms with Gasteiger partial charge in [0.25, 0.3) is 0 Å². The van der Waals surface area contributed by atoms with Gasteiger partial charge in [-0.05, 0) is 17.7 Å². The minimum atomic E-state index is -1.32. The van der Waals surface area contributed by atoms with Crippen LogP contribution in [-0.2, 0) is 0 Å². The van der Waals surface area contributed by atoms with Crippen LogP contribution in [-0.4, -0.2) is 29.9 Å². The number of halogens is 1. The fourth-order valence-corrected chi connectivity index (χ4v) is 1.30. The molecule has 0 spiro atoms. The van der Waals surface area contributed by atoms with Gasteiger partial charge in [0.05, 0.1) is 19.8 Å². The van der Waals surface area contributed by atoms with Crippen molar-refractivity contribution in [3.63, 3.8) is 0 Å². The van der Waals surface area contributed by atoms with E-state index in [4.69, 9.17) is 15.9 Å². The molecule has 0 amide bonds. The van der Waals surface area contributed by atoms with Crippen molar-refractivity contribution in [2.24, 2.45) is 5.73 Å². The van der Waals surface area contributed by atoms with Crippen LogP contribution in [0, 0.1) is 5.82 Å². The Bertz CT molecular complexity index is 408. The summed E-state index contributed by atoms with van der Waals surface area (Å²) in [6.07, 6.45) is 0. The summed E-state index contributed by atoms with van der Waals surface area (Å²) < 4.78 is 18.1. The highest BCUT2D eigenvalue weighted by molar-refractivity contribution is 5.91. The molecule has 1 aromatic rings. The van der Waals surface area contributed by atoms with Crippen LogP contribution in [0.25, 0.3) is 0 Å². The predicted molar refractivity (Wildman–Crippen MR) is 53.9 cm³/mol. The number of aliphatic hydroxyl groups is 1.